The van der Waals surface area contributed by atoms with Gasteiger partial charge in [0.15, 0.2) is 5.65 Å². The highest BCUT2D eigenvalue weighted by molar-refractivity contribution is 5.85. The summed E-state index contributed by atoms with van der Waals surface area (Å²) in [6.07, 6.45) is 6.64. The molecule has 3 aromatic rings. The lowest BCUT2D eigenvalue weighted by Gasteiger charge is -2.36. The van der Waals surface area contributed by atoms with Crippen molar-refractivity contribution in [2.75, 3.05) is 23.3 Å². The molecule has 4 heterocycles. The quantitative estimate of drug-likeness (QED) is 0.763. The minimum Gasteiger partial charge on any atom is -0.367 e. The first kappa shape index (κ1) is 16.4. The van der Waals surface area contributed by atoms with E-state index in [1.54, 1.807) is 19.3 Å². The molecule has 0 amide bonds. The zero-order valence-electron chi connectivity index (χ0n) is 14.7. The van der Waals surface area contributed by atoms with Crippen molar-refractivity contribution >= 4 is 22.7 Å². The van der Waals surface area contributed by atoms with E-state index in [2.05, 4.69) is 30.3 Å². The first-order valence-electron chi connectivity index (χ1n) is 8.83. The van der Waals surface area contributed by atoms with Crippen molar-refractivity contribution in [1.29, 1.82) is 0 Å². The second-order valence-electron chi connectivity index (χ2n) is 6.47. The number of hydrogen-bond donors (Lipinski definition) is 1. The number of pyridine rings is 1. The number of aromatic nitrogens is 5. The van der Waals surface area contributed by atoms with E-state index in [0.29, 0.717) is 5.65 Å². The molecule has 0 aromatic carbocycles. The molecule has 0 radical (unpaired) electrons. The summed E-state index contributed by atoms with van der Waals surface area (Å²) in [6.45, 7) is 1.68. The molecular formula is C18H21N7O. The first-order chi connectivity index (χ1) is 12.7. The minimum absolute atomic E-state index is 0.0969. The van der Waals surface area contributed by atoms with Gasteiger partial charge in [0.05, 0.1) is 5.39 Å². The summed E-state index contributed by atoms with van der Waals surface area (Å²) in [7, 11) is 1.68. The van der Waals surface area contributed by atoms with Gasteiger partial charge in [-0.25, -0.2) is 19.6 Å². The molecule has 26 heavy (non-hydrogen) atoms. The van der Waals surface area contributed by atoms with E-state index >= 15 is 0 Å². The maximum atomic E-state index is 11.6. The molecule has 1 N–H and O–H groups in total. The number of rotatable bonds is 4. The smallest absolute Gasteiger partial charge is 0.266 e. The van der Waals surface area contributed by atoms with E-state index in [-0.39, 0.29) is 11.6 Å². The SMILES string of the molecule is Cn1nc(N2CCCCC2CNc2ncnc3ncccc23)ccc1=O. The topological polar surface area (TPSA) is 88.8 Å². The second-order valence-corrected chi connectivity index (χ2v) is 6.47. The summed E-state index contributed by atoms with van der Waals surface area (Å²) in [5, 5.41) is 8.79. The number of aryl methyl sites for hydroxylation is 1. The third-order valence-corrected chi connectivity index (χ3v) is 4.78. The Morgan fingerprint density at radius 2 is 2.12 bits per heavy atom. The molecule has 1 atom stereocenters. The molecular weight excluding hydrogens is 330 g/mol. The van der Waals surface area contributed by atoms with Crippen LogP contribution < -0.4 is 15.8 Å². The zero-order chi connectivity index (χ0) is 17.9. The van der Waals surface area contributed by atoms with E-state index in [9.17, 15) is 4.79 Å². The normalized spacial score (nSPS) is 17.4. The maximum absolute atomic E-state index is 11.6. The van der Waals surface area contributed by atoms with Gasteiger partial charge in [0, 0.05) is 38.4 Å². The Morgan fingerprint density at radius 3 is 3.00 bits per heavy atom. The van der Waals surface area contributed by atoms with Crippen molar-refractivity contribution in [3.63, 3.8) is 0 Å². The van der Waals surface area contributed by atoms with E-state index in [1.807, 2.05) is 18.2 Å². The van der Waals surface area contributed by atoms with Gasteiger partial charge in [-0.3, -0.25) is 4.79 Å². The summed E-state index contributed by atoms with van der Waals surface area (Å²) >= 11 is 0. The Balaban J connectivity index is 1.55. The number of piperidine rings is 1. The van der Waals surface area contributed by atoms with Gasteiger partial charge in [0.2, 0.25) is 0 Å². The molecule has 0 aliphatic carbocycles. The summed E-state index contributed by atoms with van der Waals surface area (Å²) in [4.78, 5) is 26.7. The first-order valence-corrected chi connectivity index (χ1v) is 8.83. The van der Waals surface area contributed by atoms with Crippen LogP contribution in [0.25, 0.3) is 11.0 Å². The molecule has 1 unspecified atom stereocenters. The molecule has 4 rings (SSSR count). The average Bonchev–Trinajstić information content (AvgIpc) is 2.69. The standard InChI is InChI=1S/C18H21N7O/c1-24-16(26)8-7-15(23-24)25-10-3-2-5-13(25)11-20-18-14-6-4-9-19-17(14)21-12-22-18/h4,6-9,12-13H,2-3,5,10-11H2,1H3,(H,19,20,21,22). The van der Waals surface area contributed by atoms with Gasteiger partial charge in [-0.1, -0.05) is 0 Å². The van der Waals surface area contributed by atoms with Crippen LogP contribution in [0.3, 0.4) is 0 Å². The molecule has 8 heteroatoms. The lowest BCUT2D eigenvalue weighted by Crippen LogP contribution is -2.45. The van der Waals surface area contributed by atoms with Crippen molar-refractivity contribution in [3.8, 4) is 0 Å². The largest absolute Gasteiger partial charge is 0.367 e. The van der Waals surface area contributed by atoms with Crippen LogP contribution in [0.2, 0.25) is 0 Å². The molecule has 1 saturated heterocycles. The Bertz CT molecular complexity index is 966. The van der Waals surface area contributed by atoms with Gasteiger partial charge in [-0.15, -0.1) is 0 Å². The Hall–Kier alpha value is -3.03. The molecule has 0 bridgehead atoms. The van der Waals surface area contributed by atoms with Gasteiger partial charge in [-0.05, 0) is 37.5 Å². The highest BCUT2D eigenvalue weighted by Crippen LogP contribution is 2.23. The molecule has 1 fully saturated rings. The molecule has 134 valence electrons. The summed E-state index contributed by atoms with van der Waals surface area (Å²) in [5.41, 5.74) is 0.589. The van der Waals surface area contributed by atoms with Crippen LogP contribution in [0.5, 0.6) is 0 Å². The van der Waals surface area contributed by atoms with E-state index < -0.39 is 0 Å². The second kappa shape index (κ2) is 7.07. The van der Waals surface area contributed by atoms with Crippen LogP contribution in [-0.2, 0) is 7.05 Å². The Labute approximate surface area is 150 Å². The molecule has 8 nitrogen and oxygen atoms in total. The van der Waals surface area contributed by atoms with Gasteiger partial charge in [-0.2, -0.15) is 5.10 Å². The van der Waals surface area contributed by atoms with Crippen LogP contribution in [0.1, 0.15) is 19.3 Å². The number of anilines is 2. The average molecular weight is 351 g/mol. The predicted octanol–water partition coefficient (Wildman–Crippen LogP) is 1.59. The number of nitrogens with zero attached hydrogens (tertiary/aromatic N) is 6. The van der Waals surface area contributed by atoms with E-state index in [4.69, 9.17) is 0 Å². The van der Waals surface area contributed by atoms with Crippen molar-refractivity contribution in [2.45, 2.75) is 25.3 Å². The molecule has 0 spiro atoms. The van der Waals surface area contributed by atoms with Gasteiger partial charge >= 0.3 is 0 Å². The maximum Gasteiger partial charge on any atom is 0.266 e. The van der Waals surface area contributed by atoms with Crippen molar-refractivity contribution in [2.24, 2.45) is 7.05 Å². The molecule has 1 aliphatic rings. The van der Waals surface area contributed by atoms with Crippen LogP contribution in [-0.4, -0.2) is 43.9 Å². The number of hydrogen-bond acceptors (Lipinski definition) is 7. The van der Waals surface area contributed by atoms with Crippen molar-refractivity contribution < 1.29 is 0 Å². The van der Waals surface area contributed by atoms with Crippen LogP contribution in [0.4, 0.5) is 11.6 Å². The number of fused-ring (bicyclic) bond motifs is 1. The molecule has 3 aromatic heterocycles. The van der Waals surface area contributed by atoms with E-state index in [0.717, 1.165) is 43.0 Å². The lowest BCUT2D eigenvalue weighted by molar-refractivity contribution is 0.464. The third-order valence-electron chi connectivity index (χ3n) is 4.78. The third kappa shape index (κ3) is 3.22. The highest BCUT2D eigenvalue weighted by Gasteiger charge is 2.24. The fourth-order valence-corrected chi connectivity index (χ4v) is 3.41. The monoisotopic (exact) mass is 351 g/mol. The van der Waals surface area contributed by atoms with Gasteiger partial charge < -0.3 is 10.2 Å². The lowest BCUT2D eigenvalue weighted by atomic mass is 10.0. The molecule has 1 aliphatic heterocycles. The highest BCUT2D eigenvalue weighted by atomic mass is 16.1. The predicted molar refractivity (Wildman–Crippen MR) is 100 cm³/mol. The van der Waals surface area contributed by atoms with Crippen LogP contribution in [0, 0.1) is 0 Å². The summed E-state index contributed by atoms with van der Waals surface area (Å²) in [5.74, 6) is 1.63. The summed E-state index contributed by atoms with van der Waals surface area (Å²) in [6, 6.07) is 7.53. The van der Waals surface area contributed by atoms with Crippen molar-refractivity contribution in [3.05, 3.63) is 47.1 Å². The van der Waals surface area contributed by atoms with Crippen molar-refractivity contribution in [1.82, 2.24) is 24.7 Å². The van der Waals surface area contributed by atoms with Gasteiger partial charge in [0.1, 0.15) is 18.0 Å². The van der Waals surface area contributed by atoms with Crippen LogP contribution >= 0.6 is 0 Å². The fraction of sp³-hybridized carbons (Fsp3) is 0.389. The zero-order valence-corrected chi connectivity index (χ0v) is 14.7. The van der Waals surface area contributed by atoms with Crippen LogP contribution in [0.15, 0.2) is 41.6 Å². The fourth-order valence-electron chi connectivity index (χ4n) is 3.41. The Kier molecular flexibility index (Phi) is 4.47. The molecule has 0 saturated carbocycles. The number of nitrogens with one attached hydrogen (secondary N) is 1. The Morgan fingerprint density at radius 1 is 1.19 bits per heavy atom. The minimum atomic E-state index is -0.0969. The van der Waals surface area contributed by atoms with Gasteiger partial charge in [0.25, 0.3) is 5.56 Å². The van der Waals surface area contributed by atoms with E-state index in [1.165, 1.54) is 17.4 Å². The summed E-state index contributed by atoms with van der Waals surface area (Å²) < 4.78 is 1.39.